The van der Waals surface area contributed by atoms with Gasteiger partial charge in [0.15, 0.2) is 5.96 Å². The summed E-state index contributed by atoms with van der Waals surface area (Å²) in [4.78, 5) is 4.27. The average molecular weight is 312 g/mol. The lowest BCUT2D eigenvalue weighted by atomic mass is 9.87. The predicted octanol–water partition coefficient (Wildman–Crippen LogP) is 3.19. The van der Waals surface area contributed by atoms with Crippen LogP contribution in [0.4, 0.5) is 0 Å². The van der Waals surface area contributed by atoms with Gasteiger partial charge < -0.3 is 15.2 Å². The van der Waals surface area contributed by atoms with Crippen LogP contribution >= 0.6 is 0 Å². The van der Waals surface area contributed by atoms with Crippen molar-refractivity contribution < 1.29 is 0 Å². The van der Waals surface area contributed by atoms with E-state index in [1.165, 1.54) is 16.7 Å². The Morgan fingerprint density at radius 2 is 1.61 bits per heavy atom. The molecule has 0 unspecified atom stereocenters. The van der Waals surface area contributed by atoms with Gasteiger partial charge in [0, 0.05) is 39.6 Å². The van der Waals surface area contributed by atoms with Gasteiger partial charge in [0.1, 0.15) is 0 Å². The molecule has 0 bridgehead atoms. The first-order valence-corrected chi connectivity index (χ1v) is 8.03. The van der Waals surface area contributed by atoms with Gasteiger partial charge in [-0.05, 0) is 28.2 Å². The van der Waals surface area contributed by atoms with Crippen LogP contribution < -0.4 is 10.6 Å². The molecule has 0 saturated heterocycles. The Morgan fingerprint density at radius 1 is 1.00 bits per heavy atom. The highest BCUT2D eigenvalue weighted by molar-refractivity contribution is 5.79. The molecule has 0 atom stereocenters. The fourth-order valence-electron chi connectivity index (χ4n) is 2.38. The number of hydrogen-bond donors (Lipinski definition) is 2. The SMILES string of the molecule is CN=C(NCc1ccc(C(C)(C)C)cc1)NCc1ccn(C)c1. The third-order valence-electron chi connectivity index (χ3n) is 3.86. The van der Waals surface area contributed by atoms with Crippen LogP contribution in [0.2, 0.25) is 0 Å². The van der Waals surface area contributed by atoms with E-state index in [4.69, 9.17) is 0 Å². The standard InChI is InChI=1S/C19H28N4/c1-19(2,3)17-8-6-15(7-9-17)12-21-18(20-4)22-13-16-10-11-23(5)14-16/h6-11,14H,12-13H2,1-5H3,(H2,20,21,22). The van der Waals surface area contributed by atoms with Gasteiger partial charge in [0.25, 0.3) is 0 Å². The molecular formula is C19H28N4. The topological polar surface area (TPSA) is 41.4 Å². The Hall–Kier alpha value is -2.23. The van der Waals surface area contributed by atoms with Crippen molar-refractivity contribution in [2.45, 2.75) is 39.3 Å². The molecule has 0 radical (unpaired) electrons. The summed E-state index contributed by atoms with van der Waals surface area (Å²) in [5.74, 6) is 0.814. The zero-order valence-corrected chi connectivity index (χ0v) is 14.9. The molecule has 2 N–H and O–H groups in total. The van der Waals surface area contributed by atoms with Gasteiger partial charge in [0.05, 0.1) is 0 Å². The number of nitrogens with zero attached hydrogens (tertiary/aromatic N) is 2. The third kappa shape index (κ3) is 5.16. The van der Waals surface area contributed by atoms with Crippen molar-refractivity contribution in [1.29, 1.82) is 0 Å². The van der Waals surface area contributed by atoms with Gasteiger partial charge in [-0.25, -0.2) is 0 Å². The summed E-state index contributed by atoms with van der Waals surface area (Å²) in [6.45, 7) is 8.23. The molecule has 0 aliphatic carbocycles. The van der Waals surface area contributed by atoms with Crippen molar-refractivity contribution in [2.75, 3.05) is 7.05 Å². The number of aromatic nitrogens is 1. The third-order valence-corrected chi connectivity index (χ3v) is 3.86. The van der Waals surface area contributed by atoms with Gasteiger partial charge in [-0.2, -0.15) is 0 Å². The molecule has 0 saturated carbocycles. The van der Waals surface area contributed by atoms with Crippen LogP contribution in [0.25, 0.3) is 0 Å². The van der Waals surface area contributed by atoms with E-state index in [1.807, 2.05) is 17.8 Å². The summed E-state index contributed by atoms with van der Waals surface area (Å²) in [7, 11) is 3.82. The second kappa shape index (κ2) is 7.36. The van der Waals surface area contributed by atoms with Crippen molar-refractivity contribution in [3.63, 3.8) is 0 Å². The lowest BCUT2D eigenvalue weighted by molar-refractivity contribution is 0.590. The quantitative estimate of drug-likeness (QED) is 0.672. The van der Waals surface area contributed by atoms with E-state index in [1.54, 1.807) is 7.05 Å². The highest BCUT2D eigenvalue weighted by Gasteiger charge is 2.12. The molecule has 0 amide bonds. The Kier molecular flexibility index (Phi) is 5.48. The van der Waals surface area contributed by atoms with Gasteiger partial charge in [0.2, 0.25) is 0 Å². The minimum absolute atomic E-state index is 0.194. The van der Waals surface area contributed by atoms with E-state index in [2.05, 4.69) is 72.9 Å². The number of aryl methyl sites for hydroxylation is 1. The highest BCUT2D eigenvalue weighted by Crippen LogP contribution is 2.22. The fourth-order valence-corrected chi connectivity index (χ4v) is 2.38. The van der Waals surface area contributed by atoms with E-state index in [0.717, 1.165) is 19.0 Å². The zero-order chi connectivity index (χ0) is 16.9. The predicted molar refractivity (Wildman–Crippen MR) is 97.6 cm³/mol. The number of benzene rings is 1. The summed E-state index contributed by atoms with van der Waals surface area (Å²) < 4.78 is 2.05. The average Bonchev–Trinajstić information content (AvgIpc) is 2.92. The first-order valence-electron chi connectivity index (χ1n) is 8.03. The van der Waals surface area contributed by atoms with Crippen LogP contribution in [0.3, 0.4) is 0 Å². The number of aliphatic imine (C=N–C) groups is 1. The second-order valence-electron chi connectivity index (χ2n) is 6.91. The Bertz CT molecular complexity index is 645. The second-order valence-corrected chi connectivity index (χ2v) is 6.91. The Labute approximate surface area is 139 Å². The number of rotatable bonds is 4. The Balaban J connectivity index is 1.85. The van der Waals surface area contributed by atoms with Crippen molar-refractivity contribution in [3.05, 3.63) is 59.4 Å². The van der Waals surface area contributed by atoms with Crippen molar-refractivity contribution >= 4 is 5.96 Å². The summed E-state index contributed by atoms with van der Waals surface area (Å²) in [5, 5.41) is 6.68. The van der Waals surface area contributed by atoms with Crippen LogP contribution in [0, 0.1) is 0 Å². The lowest BCUT2D eigenvalue weighted by Gasteiger charge is -2.19. The highest BCUT2D eigenvalue weighted by atomic mass is 15.2. The molecule has 0 aliphatic rings. The maximum atomic E-state index is 4.27. The smallest absolute Gasteiger partial charge is 0.191 e. The van der Waals surface area contributed by atoms with Gasteiger partial charge in [-0.3, -0.25) is 4.99 Å². The first-order chi connectivity index (χ1) is 10.9. The minimum Gasteiger partial charge on any atom is -0.357 e. The van der Waals surface area contributed by atoms with Gasteiger partial charge >= 0.3 is 0 Å². The summed E-state index contributed by atoms with van der Waals surface area (Å²) in [6, 6.07) is 10.9. The molecule has 124 valence electrons. The molecular weight excluding hydrogens is 284 g/mol. The summed E-state index contributed by atoms with van der Waals surface area (Å²) >= 11 is 0. The van der Waals surface area contributed by atoms with Crippen LogP contribution in [-0.2, 0) is 25.6 Å². The molecule has 0 spiro atoms. The number of hydrogen-bond acceptors (Lipinski definition) is 1. The van der Waals surface area contributed by atoms with Crippen molar-refractivity contribution in [1.82, 2.24) is 15.2 Å². The van der Waals surface area contributed by atoms with E-state index in [0.29, 0.717) is 0 Å². The maximum absolute atomic E-state index is 4.27. The molecule has 2 rings (SSSR count). The largest absolute Gasteiger partial charge is 0.357 e. The van der Waals surface area contributed by atoms with E-state index < -0.39 is 0 Å². The molecule has 1 aromatic carbocycles. The molecule has 23 heavy (non-hydrogen) atoms. The van der Waals surface area contributed by atoms with E-state index in [-0.39, 0.29) is 5.41 Å². The van der Waals surface area contributed by atoms with Crippen molar-refractivity contribution in [2.24, 2.45) is 12.0 Å². The molecule has 0 fully saturated rings. The van der Waals surface area contributed by atoms with Crippen LogP contribution in [0.1, 0.15) is 37.5 Å². The van der Waals surface area contributed by atoms with Gasteiger partial charge in [-0.15, -0.1) is 0 Å². The molecule has 0 aliphatic heterocycles. The zero-order valence-electron chi connectivity index (χ0n) is 14.9. The first kappa shape index (κ1) is 17.1. The summed E-state index contributed by atoms with van der Waals surface area (Å²) in [6.07, 6.45) is 4.15. The van der Waals surface area contributed by atoms with Crippen LogP contribution in [0.5, 0.6) is 0 Å². The van der Waals surface area contributed by atoms with Crippen molar-refractivity contribution in [3.8, 4) is 0 Å². The molecule has 4 heteroatoms. The molecule has 1 aromatic heterocycles. The van der Waals surface area contributed by atoms with E-state index in [9.17, 15) is 0 Å². The van der Waals surface area contributed by atoms with Crippen LogP contribution in [-0.4, -0.2) is 17.6 Å². The lowest BCUT2D eigenvalue weighted by Crippen LogP contribution is -2.36. The number of guanidine groups is 1. The van der Waals surface area contributed by atoms with Crippen LogP contribution in [0.15, 0.2) is 47.7 Å². The normalized spacial score (nSPS) is 12.3. The fraction of sp³-hybridized carbons (Fsp3) is 0.421. The van der Waals surface area contributed by atoms with Gasteiger partial charge in [-0.1, -0.05) is 45.0 Å². The monoisotopic (exact) mass is 312 g/mol. The molecule has 4 nitrogen and oxygen atoms in total. The Morgan fingerprint density at radius 3 is 2.09 bits per heavy atom. The molecule has 2 aromatic rings. The van der Waals surface area contributed by atoms with E-state index >= 15 is 0 Å². The summed E-state index contributed by atoms with van der Waals surface area (Å²) in [5.41, 5.74) is 4.04. The number of nitrogens with one attached hydrogen (secondary N) is 2. The maximum Gasteiger partial charge on any atom is 0.191 e. The minimum atomic E-state index is 0.194. The molecule has 1 heterocycles.